The van der Waals surface area contributed by atoms with Crippen LogP contribution in [0.1, 0.15) is 6.92 Å². The lowest BCUT2D eigenvalue weighted by Gasteiger charge is -2.24. The summed E-state index contributed by atoms with van der Waals surface area (Å²) in [7, 11) is -3.74. The first-order valence-electron chi connectivity index (χ1n) is 5.37. The Bertz CT molecular complexity index is 622. The van der Waals surface area contributed by atoms with E-state index in [0.29, 0.717) is 0 Å². The molecule has 1 aromatic carbocycles. The first kappa shape index (κ1) is 17.3. The monoisotopic (exact) mass is 359 g/mol. The number of hydrogen-bond donors (Lipinski definition) is 2. The van der Waals surface area contributed by atoms with Gasteiger partial charge in [-0.15, -0.1) is 0 Å². The molecule has 0 saturated heterocycles. The van der Waals surface area contributed by atoms with Crippen LogP contribution < -0.4 is 15.6 Å². The standard InChI is InChI=1S/C10H12Cl3N3O3S/c1-2-20(18,19)16(5-10(17)15-14)9-4-7(12)6(11)3-8(9)13/h3-4H,2,5,14H2,1H3,(H,15,17). The van der Waals surface area contributed by atoms with Gasteiger partial charge in [0.2, 0.25) is 10.0 Å². The zero-order valence-corrected chi connectivity index (χ0v) is 13.4. The normalized spacial score (nSPS) is 11.2. The number of hydrogen-bond acceptors (Lipinski definition) is 4. The van der Waals surface area contributed by atoms with E-state index in [0.717, 1.165) is 4.31 Å². The fourth-order valence-corrected chi connectivity index (χ4v) is 3.14. The lowest BCUT2D eigenvalue weighted by molar-refractivity contribution is -0.119. The summed E-state index contributed by atoms with van der Waals surface area (Å²) in [6, 6.07) is 2.59. The molecule has 112 valence electrons. The van der Waals surface area contributed by atoms with E-state index in [1.165, 1.54) is 19.1 Å². The van der Waals surface area contributed by atoms with Gasteiger partial charge in [0.1, 0.15) is 6.54 Å². The van der Waals surface area contributed by atoms with Gasteiger partial charge in [0, 0.05) is 0 Å². The highest BCUT2D eigenvalue weighted by atomic mass is 35.5. The van der Waals surface area contributed by atoms with Crippen molar-refractivity contribution in [3.63, 3.8) is 0 Å². The molecule has 0 aliphatic carbocycles. The van der Waals surface area contributed by atoms with Crippen molar-refractivity contribution in [1.29, 1.82) is 0 Å². The molecule has 0 unspecified atom stereocenters. The first-order valence-corrected chi connectivity index (χ1v) is 8.11. The Hall–Kier alpha value is -0.730. The maximum Gasteiger partial charge on any atom is 0.254 e. The molecule has 1 amide bonds. The molecular weight excluding hydrogens is 349 g/mol. The average molecular weight is 361 g/mol. The number of hydrazine groups is 1. The third-order valence-electron chi connectivity index (χ3n) is 2.41. The van der Waals surface area contributed by atoms with E-state index in [1.807, 2.05) is 5.43 Å². The summed E-state index contributed by atoms with van der Waals surface area (Å²) >= 11 is 17.6. The SMILES string of the molecule is CCS(=O)(=O)N(CC(=O)NN)c1cc(Cl)c(Cl)cc1Cl. The highest BCUT2D eigenvalue weighted by molar-refractivity contribution is 7.92. The second kappa shape index (κ2) is 6.82. The van der Waals surface area contributed by atoms with E-state index in [9.17, 15) is 13.2 Å². The molecule has 10 heteroatoms. The van der Waals surface area contributed by atoms with Crippen molar-refractivity contribution in [2.24, 2.45) is 5.84 Å². The van der Waals surface area contributed by atoms with Crippen molar-refractivity contribution >= 4 is 56.4 Å². The quantitative estimate of drug-likeness (QED) is 0.362. The predicted octanol–water partition coefficient (Wildman–Crippen LogP) is 1.79. The second-order valence-corrected chi connectivity index (χ2v) is 7.10. The number of nitrogens with one attached hydrogen (secondary N) is 1. The van der Waals surface area contributed by atoms with Crippen molar-refractivity contribution in [3.05, 3.63) is 27.2 Å². The first-order chi connectivity index (χ1) is 9.22. The van der Waals surface area contributed by atoms with Gasteiger partial charge < -0.3 is 0 Å². The Balaban J connectivity index is 3.38. The third-order valence-corrected chi connectivity index (χ3v) is 5.16. The Labute approximate surface area is 131 Å². The predicted molar refractivity (Wildman–Crippen MR) is 80.6 cm³/mol. The number of nitrogens with two attached hydrogens (primary N) is 1. The minimum absolute atomic E-state index is 0.0567. The van der Waals surface area contributed by atoms with E-state index in [-0.39, 0.29) is 26.5 Å². The average Bonchev–Trinajstić information content (AvgIpc) is 2.40. The van der Waals surface area contributed by atoms with Crippen molar-refractivity contribution in [3.8, 4) is 0 Å². The van der Waals surface area contributed by atoms with Gasteiger partial charge in [-0.1, -0.05) is 34.8 Å². The Morgan fingerprint density at radius 3 is 2.30 bits per heavy atom. The third kappa shape index (κ3) is 3.89. The molecule has 0 saturated carbocycles. The van der Waals surface area contributed by atoms with Crippen molar-refractivity contribution < 1.29 is 13.2 Å². The highest BCUT2D eigenvalue weighted by Crippen LogP contribution is 2.35. The summed E-state index contributed by atoms with van der Waals surface area (Å²) < 4.78 is 25.0. The van der Waals surface area contributed by atoms with Crippen LogP contribution in [0.2, 0.25) is 15.1 Å². The van der Waals surface area contributed by atoms with Crippen molar-refractivity contribution in [2.75, 3.05) is 16.6 Å². The minimum atomic E-state index is -3.74. The fourth-order valence-electron chi connectivity index (χ4n) is 1.37. The molecule has 0 radical (unpaired) electrons. The summed E-state index contributed by atoms with van der Waals surface area (Å²) in [6.07, 6.45) is 0. The Morgan fingerprint density at radius 2 is 1.80 bits per heavy atom. The number of halogens is 3. The van der Waals surface area contributed by atoms with Gasteiger partial charge >= 0.3 is 0 Å². The van der Waals surface area contributed by atoms with Crippen LogP contribution >= 0.6 is 34.8 Å². The number of rotatable bonds is 5. The zero-order valence-electron chi connectivity index (χ0n) is 10.4. The van der Waals surface area contributed by atoms with Crippen LogP contribution in [-0.4, -0.2) is 26.6 Å². The molecule has 0 fully saturated rings. The minimum Gasteiger partial charge on any atom is -0.293 e. The highest BCUT2D eigenvalue weighted by Gasteiger charge is 2.26. The molecule has 6 nitrogen and oxygen atoms in total. The molecule has 0 atom stereocenters. The molecule has 20 heavy (non-hydrogen) atoms. The smallest absolute Gasteiger partial charge is 0.254 e. The number of carbonyl (C=O) groups excluding carboxylic acids is 1. The maximum absolute atomic E-state index is 12.1. The summed E-state index contributed by atoms with van der Waals surface area (Å²) in [6.45, 7) is 0.929. The lowest BCUT2D eigenvalue weighted by Crippen LogP contribution is -2.43. The molecule has 0 spiro atoms. The molecule has 0 aliphatic heterocycles. The molecule has 0 aromatic heterocycles. The van der Waals surface area contributed by atoms with E-state index < -0.39 is 22.5 Å². The van der Waals surface area contributed by atoms with E-state index >= 15 is 0 Å². The Kier molecular flexibility index (Phi) is 5.91. The molecule has 3 N–H and O–H groups in total. The molecule has 0 bridgehead atoms. The number of sulfonamides is 1. The summed E-state index contributed by atoms with van der Waals surface area (Å²) in [5, 5.41) is 0.356. The van der Waals surface area contributed by atoms with Crippen LogP contribution in [0.4, 0.5) is 5.69 Å². The van der Waals surface area contributed by atoms with Crippen LogP contribution in [0, 0.1) is 0 Å². The Morgan fingerprint density at radius 1 is 1.25 bits per heavy atom. The summed E-state index contributed by atoms with van der Waals surface area (Å²) in [5.74, 6) is 4.06. The lowest BCUT2D eigenvalue weighted by atomic mass is 10.3. The van der Waals surface area contributed by atoms with Gasteiger partial charge in [0.05, 0.1) is 26.5 Å². The zero-order chi connectivity index (χ0) is 15.5. The van der Waals surface area contributed by atoms with Gasteiger partial charge in [0.15, 0.2) is 0 Å². The van der Waals surface area contributed by atoms with Crippen LogP contribution in [0.3, 0.4) is 0 Å². The van der Waals surface area contributed by atoms with Crippen molar-refractivity contribution in [2.45, 2.75) is 6.92 Å². The van der Waals surface area contributed by atoms with E-state index in [1.54, 1.807) is 0 Å². The van der Waals surface area contributed by atoms with Crippen LogP contribution in [0.25, 0.3) is 0 Å². The largest absolute Gasteiger partial charge is 0.293 e. The number of benzene rings is 1. The molecular formula is C10H12Cl3N3O3S. The molecule has 1 aromatic rings. The molecule has 0 heterocycles. The van der Waals surface area contributed by atoms with Gasteiger partial charge in [0.25, 0.3) is 5.91 Å². The number of anilines is 1. The van der Waals surface area contributed by atoms with Crippen LogP contribution in [0.15, 0.2) is 12.1 Å². The number of carbonyl (C=O) groups is 1. The second-order valence-electron chi connectivity index (χ2n) is 3.69. The maximum atomic E-state index is 12.1. The van der Waals surface area contributed by atoms with Gasteiger partial charge in [-0.05, 0) is 19.1 Å². The topological polar surface area (TPSA) is 92.5 Å². The fraction of sp³-hybridized carbons (Fsp3) is 0.300. The van der Waals surface area contributed by atoms with Gasteiger partial charge in [-0.2, -0.15) is 0 Å². The summed E-state index contributed by atoms with van der Waals surface area (Å²) in [4.78, 5) is 11.4. The van der Waals surface area contributed by atoms with Gasteiger partial charge in [-0.3, -0.25) is 14.5 Å². The van der Waals surface area contributed by atoms with E-state index in [2.05, 4.69) is 0 Å². The van der Waals surface area contributed by atoms with Crippen molar-refractivity contribution in [1.82, 2.24) is 5.43 Å². The summed E-state index contributed by atoms with van der Waals surface area (Å²) in [5.41, 5.74) is 1.92. The van der Waals surface area contributed by atoms with E-state index in [4.69, 9.17) is 40.6 Å². The van der Waals surface area contributed by atoms with Crippen LogP contribution in [-0.2, 0) is 14.8 Å². The van der Waals surface area contributed by atoms with Gasteiger partial charge in [-0.25, -0.2) is 14.3 Å². The molecule has 0 aliphatic rings. The van der Waals surface area contributed by atoms with Crippen LogP contribution in [0.5, 0.6) is 0 Å². The molecule has 1 rings (SSSR count). The number of amides is 1. The number of nitrogens with zero attached hydrogens (tertiary/aromatic N) is 1.